The van der Waals surface area contributed by atoms with Crippen LogP contribution < -0.4 is 10.6 Å². The monoisotopic (exact) mass is 257 g/mol. The highest BCUT2D eigenvalue weighted by Crippen LogP contribution is 2.23. The van der Waals surface area contributed by atoms with E-state index < -0.39 is 0 Å². The first-order chi connectivity index (χ1) is 8.17. The van der Waals surface area contributed by atoms with Crippen molar-refractivity contribution in [2.24, 2.45) is 0 Å². The lowest BCUT2D eigenvalue weighted by Crippen LogP contribution is -2.15. The molecule has 7 heteroatoms. The van der Waals surface area contributed by atoms with Crippen LogP contribution in [0.5, 0.6) is 0 Å². The van der Waals surface area contributed by atoms with Crippen LogP contribution in [-0.4, -0.2) is 45.2 Å². The van der Waals surface area contributed by atoms with Crippen LogP contribution in [0.2, 0.25) is 0 Å². The van der Waals surface area contributed by atoms with Gasteiger partial charge in [-0.2, -0.15) is 0 Å². The molecule has 0 spiro atoms. The number of hydrogen-bond donors (Lipinski definition) is 3. The van der Waals surface area contributed by atoms with E-state index in [1.807, 2.05) is 20.8 Å². The van der Waals surface area contributed by atoms with Crippen molar-refractivity contribution in [3.8, 4) is 0 Å². The lowest BCUT2D eigenvalue weighted by molar-refractivity contribution is 0.322. The maximum Gasteiger partial charge on any atom is 0.243 e. The van der Waals surface area contributed by atoms with E-state index in [9.17, 15) is 0 Å². The molecular formula is C10H19N5OS. The molecule has 96 valence electrons. The van der Waals surface area contributed by atoms with Gasteiger partial charge in [0.15, 0.2) is 5.82 Å². The second-order valence-electron chi connectivity index (χ2n) is 3.69. The molecule has 0 aliphatic heterocycles. The summed E-state index contributed by atoms with van der Waals surface area (Å²) < 4.78 is 0. The summed E-state index contributed by atoms with van der Waals surface area (Å²) in [7, 11) is 0. The minimum Gasteiger partial charge on any atom is -0.396 e. The molecule has 0 aliphatic rings. The third kappa shape index (κ3) is 4.74. The molecule has 17 heavy (non-hydrogen) atoms. The third-order valence-electron chi connectivity index (χ3n) is 1.75. The highest BCUT2D eigenvalue weighted by molar-refractivity contribution is 7.99. The second kappa shape index (κ2) is 7.29. The fourth-order valence-corrected chi connectivity index (χ4v) is 1.82. The number of rotatable bonds is 7. The van der Waals surface area contributed by atoms with E-state index in [0.29, 0.717) is 17.5 Å². The Labute approximate surface area is 106 Å². The third-order valence-corrected chi connectivity index (χ3v) is 2.69. The largest absolute Gasteiger partial charge is 0.396 e. The summed E-state index contributed by atoms with van der Waals surface area (Å²) in [6.07, 6.45) is 0. The molecule has 6 nitrogen and oxygen atoms in total. The molecule has 0 saturated heterocycles. The van der Waals surface area contributed by atoms with Gasteiger partial charge >= 0.3 is 0 Å². The summed E-state index contributed by atoms with van der Waals surface area (Å²) in [6, 6.07) is 0.268. The number of aromatic nitrogens is 3. The highest BCUT2D eigenvalue weighted by atomic mass is 32.2. The fourth-order valence-electron chi connectivity index (χ4n) is 1.15. The molecule has 0 aliphatic carbocycles. The van der Waals surface area contributed by atoms with Crippen molar-refractivity contribution < 1.29 is 5.11 Å². The molecule has 1 aromatic heterocycles. The van der Waals surface area contributed by atoms with E-state index in [0.717, 1.165) is 11.6 Å². The molecule has 1 rings (SSSR count). The van der Waals surface area contributed by atoms with E-state index >= 15 is 0 Å². The first-order valence-corrected chi connectivity index (χ1v) is 6.64. The maximum absolute atomic E-state index is 8.85. The number of aliphatic hydroxyl groups excluding tert-OH is 1. The van der Waals surface area contributed by atoms with Crippen LogP contribution in [0.1, 0.15) is 20.8 Å². The van der Waals surface area contributed by atoms with E-state index in [-0.39, 0.29) is 12.6 Å². The average molecular weight is 257 g/mol. The van der Waals surface area contributed by atoms with Crippen molar-refractivity contribution in [2.45, 2.75) is 31.8 Å². The van der Waals surface area contributed by atoms with Gasteiger partial charge in [0, 0.05) is 18.3 Å². The summed E-state index contributed by atoms with van der Waals surface area (Å²) in [5.41, 5.74) is 0. The Morgan fingerprint density at radius 2 is 2.12 bits per heavy atom. The molecule has 0 unspecified atom stereocenters. The topological polar surface area (TPSA) is 83.0 Å². The molecule has 0 atom stereocenters. The SMILES string of the molecule is CCNc1nnc(NC(C)C)c(SCCO)n1. The zero-order chi connectivity index (χ0) is 12.7. The Kier molecular flexibility index (Phi) is 5.99. The van der Waals surface area contributed by atoms with Crippen molar-refractivity contribution >= 4 is 23.5 Å². The van der Waals surface area contributed by atoms with Crippen molar-refractivity contribution in [2.75, 3.05) is 29.5 Å². The standard InChI is InChI=1S/C10H19N5OS/c1-4-11-10-13-9(17-6-5-16)8(14-15-10)12-7(2)3/h7,16H,4-6H2,1-3H3,(H,12,14)(H,11,13,15). The van der Waals surface area contributed by atoms with E-state index in [2.05, 4.69) is 25.8 Å². The Morgan fingerprint density at radius 1 is 1.35 bits per heavy atom. The summed E-state index contributed by atoms with van der Waals surface area (Å²) in [6.45, 7) is 6.90. The van der Waals surface area contributed by atoms with E-state index in [1.54, 1.807) is 0 Å². The zero-order valence-electron chi connectivity index (χ0n) is 10.4. The lowest BCUT2D eigenvalue weighted by Gasteiger charge is -2.12. The van der Waals surface area contributed by atoms with Crippen LogP contribution in [0.25, 0.3) is 0 Å². The summed E-state index contributed by atoms with van der Waals surface area (Å²) in [5.74, 6) is 1.78. The van der Waals surface area contributed by atoms with Crippen LogP contribution in [0.3, 0.4) is 0 Å². The number of aliphatic hydroxyl groups is 1. The lowest BCUT2D eigenvalue weighted by atomic mass is 10.4. The van der Waals surface area contributed by atoms with Crippen LogP contribution in [0, 0.1) is 0 Å². The minimum absolute atomic E-state index is 0.117. The van der Waals surface area contributed by atoms with Gasteiger partial charge in [0.25, 0.3) is 0 Å². The molecule has 0 amide bonds. The van der Waals surface area contributed by atoms with Gasteiger partial charge in [-0.3, -0.25) is 0 Å². The van der Waals surface area contributed by atoms with Crippen molar-refractivity contribution in [3.63, 3.8) is 0 Å². The van der Waals surface area contributed by atoms with E-state index in [1.165, 1.54) is 11.8 Å². The van der Waals surface area contributed by atoms with Crippen LogP contribution >= 0.6 is 11.8 Å². The molecular weight excluding hydrogens is 238 g/mol. The van der Waals surface area contributed by atoms with Crippen molar-refractivity contribution in [1.82, 2.24) is 15.2 Å². The Balaban J connectivity index is 2.86. The smallest absolute Gasteiger partial charge is 0.243 e. The average Bonchev–Trinajstić information content (AvgIpc) is 2.29. The Morgan fingerprint density at radius 3 is 2.71 bits per heavy atom. The van der Waals surface area contributed by atoms with Crippen molar-refractivity contribution in [1.29, 1.82) is 0 Å². The van der Waals surface area contributed by atoms with Gasteiger partial charge in [0.2, 0.25) is 5.95 Å². The van der Waals surface area contributed by atoms with Gasteiger partial charge < -0.3 is 15.7 Å². The first kappa shape index (κ1) is 14.0. The summed E-state index contributed by atoms with van der Waals surface area (Å²) in [4.78, 5) is 4.36. The Bertz CT molecular complexity index is 347. The highest BCUT2D eigenvalue weighted by Gasteiger charge is 2.10. The molecule has 0 aromatic carbocycles. The number of thioether (sulfide) groups is 1. The number of anilines is 2. The quantitative estimate of drug-likeness (QED) is 0.633. The van der Waals surface area contributed by atoms with Gasteiger partial charge in [-0.05, 0) is 20.8 Å². The second-order valence-corrected chi connectivity index (χ2v) is 4.77. The maximum atomic E-state index is 8.85. The molecule has 1 aromatic rings. The minimum atomic E-state index is 0.117. The van der Waals surface area contributed by atoms with E-state index in [4.69, 9.17) is 5.11 Å². The first-order valence-electron chi connectivity index (χ1n) is 5.66. The van der Waals surface area contributed by atoms with Crippen LogP contribution in [0.4, 0.5) is 11.8 Å². The normalized spacial score (nSPS) is 10.6. The van der Waals surface area contributed by atoms with Gasteiger partial charge in [-0.25, -0.2) is 4.98 Å². The number of nitrogens with one attached hydrogen (secondary N) is 2. The molecule has 3 N–H and O–H groups in total. The van der Waals surface area contributed by atoms with Gasteiger partial charge in [0.05, 0.1) is 6.61 Å². The molecule has 0 radical (unpaired) electrons. The molecule has 0 fully saturated rings. The van der Waals surface area contributed by atoms with Crippen molar-refractivity contribution in [3.05, 3.63) is 0 Å². The number of nitrogens with zero attached hydrogens (tertiary/aromatic N) is 3. The molecule has 0 saturated carbocycles. The number of hydrogen-bond acceptors (Lipinski definition) is 7. The summed E-state index contributed by atoms with van der Waals surface area (Å²) >= 11 is 1.46. The molecule has 0 bridgehead atoms. The predicted molar refractivity (Wildman–Crippen MR) is 70.6 cm³/mol. The van der Waals surface area contributed by atoms with Gasteiger partial charge in [-0.1, -0.05) is 0 Å². The fraction of sp³-hybridized carbons (Fsp3) is 0.700. The van der Waals surface area contributed by atoms with Gasteiger partial charge in [0.1, 0.15) is 5.03 Å². The summed E-state index contributed by atoms with van der Waals surface area (Å²) in [5, 5.41) is 23.9. The van der Waals surface area contributed by atoms with Crippen LogP contribution in [0.15, 0.2) is 5.03 Å². The Hall–Kier alpha value is -1.08. The van der Waals surface area contributed by atoms with Crippen LogP contribution in [-0.2, 0) is 0 Å². The zero-order valence-corrected chi connectivity index (χ0v) is 11.2. The predicted octanol–water partition coefficient (Wildman–Crippen LogP) is 1.21. The molecule has 1 heterocycles. The van der Waals surface area contributed by atoms with Gasteiger partial charge in [-0.15, -0.1) is 22.0 Å².